The summed E-state index contributed by atoms with van der Waals surface area (Å²) in [6.07, 6.45) is 1.28. The first-order valence-electron chi connectivity index (χ1n) is 13.2. The smallest absolute Gasteiger partial charge is 0.333 e. The number of aliphatic carboxylic acids is 3. The van der Waals surface area contributed by atoms with E-state index in [1.165, 1.54) is 33.8 Å². The van der Waals surface area contributed by atoms with Crippen LogP contribution >= 0.6 is 0 Å². The molecule has 2 fully saturated rings. The largest absolute Gasteiger partial charge is 0.478 e. The highest BCUT2D eigenvalue weighted by Crippen LogP contribution is 2.09. The number of aliphatic hydroxyl groups is 1. The van der Waals surface area contributed by atoms with Gasteiger partial charge >= 0.3 is 23.9 Å². The van der Waals surface area contributed by atoms with E-state index in [-0.39, 0.29) is 35.3 Å². The van der Waals surface area contributed by atoms with Gasteiger partial charge in [0.15, 0.2) is 0 Å². The van der Waals surface area contributed by atoms with Gasteiger partial charge in [-0.25, -0.2) is 19.2 Å². The SMILES string of the molecule is C(COCC1CO1)OCCOCC1CO1.C=C(C)C(=O)O.C=C(C)C(=O)O.C=C(C)C(=O)OCC(O)CC=C(C)C(=O)O. The number of carboxylic acid groups (broad SMARTS) is 3. The van der Waals surface area contributed by atoms with Crippen LogP contribution in [0.25, 0.3) is 0 Å². The molecule has 4 N–H and O–H groups in total. The van der Waals surface area contributed by atoms with Crippen molar-refractivity contribution in [3.8, 4) is 0 Å². The highest BCUT2D eigenvalue weighted by atomic mass is 16.6. The maximum Gasteiger partial charge on any atom is 0.333 e. The van der Waals surface area contributed by atoms with Gasteiger partial charge in [0.05, 0.1) is 59.0 Å². The van der Waals surface area contributed by atoms with E-state index >= 15 is 0 Å². The number of carboxylic acids is 3. The zero-order valence-electron chi connectivity index (χ0n) is 25.4. The molecule has 0 radical (unpaired) electrons. The minimum Gasteiger partial charge on any atom is -0.478 e. The zero-order valence-corrected chi connectivity index (χ0v) is 25.4. The summed E-state index contributed by atoms with van der Waals surface area (Å²) in [6.45, 7) is 20.9. The van der Waals surface area contributed by atoms with Crippen LogP contribution in [0.2, 0.25) is 0 Å². The molecular weight excluding hydrogens is 572 g/mol. The molecule has 2 rings (SSSR count). The number of epoxide rings is 2. The Bertz CT molecular complexity index is 865. The Morgan fingerprint density at radius 1 is 0.744 bits per heavy atom. The summed E-state index contributed by atoms with van der Waals surface area (Å²) in [4.78, 5) is 40.6. The number of rotatable bonds is 18. The quantitative estimate of drug-likeness (QED) is 0.0749. The first kappa shape index (κ1) is 41.7. The highest BCUT2D eigenvalue weighted by molar-refractivity contribution is 5.87. The highest BCUT2D eigenvalue weighted by Gasteiger charge is 2.22. The van der Waals surface area contributed by atoms with Crippen molar-refractivity contribution in [3.63, 3.8) is 0 Å². The van der Waals surface area contributed by atoms with E-state index < -0.39 is 30.0 Å². The molecule has 2 aliphatic heterocycles. The molecular formula is C29H46O14. The average molecular weight is 619 g/mol. The third-order valence-corrected chi connectivity index (χ3v) is 4.68. The molecule has 3 atom stereocenters. The Morgan fingerprint density at radius 2 is 1.12 bits per heavy atom. The summed E-state index contributed by atoms with van der Waals surface area (Å²) in [7, 11) is 0. The number of carbonyl (C=O) groups excluding carboxylic acids is 1. The van der Waals surface area contributed by atoms with Gasteiger partial charge in [0.2, 0.25) is 0 Å². The second-order valence-electron chi connectivity index (χ2n) is 9.30. The lowest BCUT2D eigenvalue weighted by atomic mass is 10.2. The fraction of sp³-hybridized carbons (Fsp3) is 0.586. The molecule has 2 aliphatic rings. The van der Waals surface area contributed by atoms with E-state index in [0.29, 0.717) is 51.8 Å². The molecule has 3 unspecified atom stereocenters. The summed E-state index contributed by atoms with van der Waals surface area (Å²) < 4.78 is 30.6. The normalized spacial score (nSPS) is 16.7. The van der Waals surface area contributed by atoms with Crippen LogP contribution in [0.15, 0.2) is 48.1 Å². The van der Waals surface area contributed by atoms with Crippen LogP contribution in [0.4, 0.5) is 0 Å². The van der Waals surface area contributed by atoms with E-state index in [4.69, 9.17) is 43.7 Å². The van der Waals surface area contributed by atoms with Crippen molar-refractivity contribution < 1.29 is 68.0 Å². The van der Waals surface area contributed by atoms with E-state index in [2.05, 4.69) is 19.7 Å². The molecule has 2 heterocycles. The minimum absolute atomic E-state index is 0.127. The van der Waals surface area contributed by atoms with Crippen molar-refractivity contribution in [2.75, 3.05) is 59.5 Å². The predicted molar refractivity (Wildman–Crippen MR) is 155 cm³/mol. The summed E-state index contributed by atoms with van der Waals surface area (Å²) in [5.74, 6) is -3.48. The number of hydrogen-bond acceptors (Lipinski definition) is 11. The van der Waals surface area contributed by atoms with Crippen LogP contribution in [0, 0.1) is 0 Å². The number of carbonyl (C=O) groups is 4. The van der Waals surface area contributed by atoms with Crippen molar-refractivity contribution >= 4 is 23.9 Å². The molecule has 246 valence electrons. The topological polar surface area (TPSA) is 211 Å². The van der Waals surface area contributed by atoms with Crippen LogP contribution < -0.4 is 0 Å². The van der Waals surface area contributed by atoms with Gasteiger partial charge in [0, 0.05) is 22.3 Å². The first-order chi connectivity index (χ1) is 20.1. The van der Waals surface area contributed by atoms with Crippen molar-refractivity contribution in [1.29, 1.82) is 0 Å². The Kier molecular flexibility index (Phi) is 24.4. The van der Waals surface area contributed by atoms with Crippen LogP contribution in [-0.4, -0.2) is 122 Å². The van der Waals surface area contributed by atoms with E-state index in [1.54, 1.807) is 0 Å². The fourth-order valence-corrected chi connectivity index (χ4v) is 1.86. The molecule has 0 saturated carbocycles. The lowest BCUT2D eigenvalue weighted by Crippen LogP contribution is -2.18. The second kappa shape index (κ2) is 25.1. The van der Waals surface area contributed by atoms with Gasteiger partial charge in [-0.2, -0.15) is 0 Å². The first-order valence-corrected chi connectivity index (χ1v) is 13.2. The van der Waals surface area contributed by atoms with Gasteiger partial charge in [-0.1, -0.05) is 25.8 Å². The third-order valence-electron chi connectivity index (χ3n) is 4.68. The van der Waals surface area contributed by atoms with Gasteiger partial charge in [0.25, 0.3) is 0 Å². The lowest BCUT2D eigenvalue weighted by Gasteiger charge is -2.09. The lowest BCUT2D eigenvalue weighted by molar-refractivity contribution is -0.142. The molecule has 0 aromatic rings. The van der Waals surface area contributed by atoms with Gasteiger partial charge < -0.3 is 48.8 Å². The molecule has 2 saturated heterocycles. The molecule has 43 heavy (non-hydrogen) atoms. The van der Waals surface area contributed by atoms with Crippen molar-refractivity contribution in [1.82, 2.24) is 0 Å². The second-order valence-corrected chi connectivity index (χ2v) is 9.30. The van der Waals surface area contributed by atoms with Gasteiger partial charge in [-0.05, 0) is 34.1 Å². The van der Waals surface area contributed by atoms with Crippen LogP contribution in [0.1, 0.15) is 34.1 Å². The van der Waals surface area contributed by atoms with Crippen molar-refractivity contribution in [2.45, 2.75) is 52.4 Å². The molecule has 14 nitrogen and oxygen atoms in total. The standard InChI is InChI=1S/C11H16O5.C10H18O5.2C4H6O2/c1-7(2)11(15)16-6-9(12)5-4-8(3)10(13)14;1(3-12-5-9-7-14-9)11-2-4-13-6-10-8-15-10;2*1-3(2)4(5)6/h4,9,12H,1,5-6H2,2-3H3,(H,13,14);9-10H,1-8H2;2*1H2,2H3,(H,5,6). The Hall–Kier alpha value is -3.40. The third kappa shape index (κ3) is 31.4. The number of esters is 1. The average Bonchev–Trinajstić information content (AvgIpc) is 3.86. The van der Waals surface area contributed by atoms with Crippen molar-refractivity contribution in [2.24, 2.45) is 0 Å². The van der Waals surface area contributed by atoms with Gasteiger partial charge in [-0.3, -0.25) is 0 Å². The monoisotopic (exact) mass is 618 g/mol. The van der Waals surface area contributed by atoms with Crippen LogP contribution in [0.5, 0.6) is 0 Å². The molecule has 14 heteroatoms. The maximum absolute atomic E-state index is 11.0. The fourth-order valence-electron chi connectivity index (χ4n) is 1.86. The summed E-state index contributed by atoms with van der Waals surface area (Å²) in [5, 5.41) is 33.7. The van der Waals surface area contributed by atoms with E-state index in [0.717, 1.165) is 13.2 Å². The van der Waals surface area contributed by atoms with Crippen LogP contribution in [0.3, 0.4) is 0 Å². The molecule has 0 spiro atoms. The Balaban J connectivity index is 0. The van der Waals surface area contributed by atoms with Gasteiger partial charge in [0.1, 0.15) is 18.8 Å². The minimum atomic E-state index is -1.04. The zero-order chi connectivity index (χ0) is 33.4. The Labute approximate surface area is 252 Å². The number of ether oxygens (including phenoxy) is 6. The molecule has 0 bridgehead atoms. The number of aliphatic hydroxyl groups excluding tert-OH is 1. The van der Waals surface area contributed by atoms with E-state index in [9.17, 15) is 24.3 Å². The molecule has 0 aromatic carbocycles. The van der Waals surface area contributed by atoms with Gasteiger partial charge in [-0.15, -0.1) is 0 Å². The maximum atomic E-state index is 11.0. The molecule has 0 aromatic heterocycles. The molecule has 0 aliphatic carbocycles. The van der Waals surface area contributed by atoms with Crippen molar-refractivity contribution in [3.05, 3.63) is 48.1 Å². The molecule has 0 amide bonds. The Morgan fingerprint density at radius 3 is 1.42 bits per heavy atom. The summed E-state index contributed by atoms with van der Waals surface area (Å²) in [5.41, 5.74) is 0.750. The predicted octanol–water partition coefficient (Wildman–Crippen LogP) is 2.02. The summed E-state index contributed by atoms with van der Waals surface area (Å²) >= 11 is 0. The van der Waals surface area contributed by atoms with E-state index in [1.807, 2.05) is 0 Å². The van der Waals surface area contributed by atoms with Crippen LogP contribution in [-0.2, 0) is 47.6 Å². The number of hydrogen-bond donors (Lipinski definition) is 4. The summed E-state index contributed by atoms with van der Waals surface area (Å²) in [6, 6.07) is 0.